The molecule has 1 fully saturated rings. The van der Waals surface area contributed by atoms with Crippen molar-refractivity contribution in [2.45, 2.75) is 113 Å². The van der Waals surface area contributed by atoms with Crippen LogP contribution in [0, 0.1) is 0 Å². The standard InChI is InChI=1S/C45H61N13O19/c46-10-2-1-4-21(40(70)56-35(36(68)45(75)76)37-47-11-8-22(52-37)39(69)49-18-32(63)51-26(19-59)42(72)54-23-5-3-13-57(77)44(23)74)53-41(71)25(16-34(66)67)55-43(73)27-9-12-48-38-24(50-31(62)6-7-33(64)65)14-20-15-29(60)30(61)17-28(20)58(27)38/h14-15,17,21-23,25-27,35-36,48,59-60,68,77H,1-13,16,18-19,46H2,(H,47,52)(H,49,69)(H,50,62)(H,51,63)(H,53,71)(H,54,72)(H,55,73)(H,56,70)(H,64,65)(H,66,67)(H,75,76)/t21-,22?,23?,25+,26?,27?,35?,36?/m0/s1. The van der Waals surface area contributed by atoms with Gasteiger partial charge in [0.15, 0.2) is 11.9 Å². The minimum Gasteiger partial charge on any atom is -0.504 e. The summed E-state index contributed by atoms with van der Waals surface area (Å²) in [6, 6.07) is -7.40. The number of aromatic nitrogens is 1. The Balaban J connectivity index is 1.30. The molecule has 0 spiro atoms. The number of hydrogen-bond donors (Lipinski definition) is 17. The summed E-state index contributed by atoms with van der Waals surface area (Å²) >= 11 is 0. The van der Waals surface area contributed by atoms with Crippen molar-refractivity contribution in [3.05, 3.63) is 28.4 Å². The monoisotopic (exact) mass is 1090 g/mol. The van der Waals surface area contributed by atoms with Gasteiger partial charge in [-0.1, -0.05) is 0 Å². The van der Waals surface area contributed by atoms with Crippen molar-refractivity contribution in [3.63, 3.8) is 0 Å². The molecule has 0 aromatic carbocycles. The number of aromatic hydroxyl groups is 1. The van der Waals surface area contributed by atoms with Crippen LogP contribution in [0.4, 0.5) is 11.5 Å². The Morgan fingerprint density at radius 2 is 1.55 bits per heavy atom. The lowest BCUT2D eigenvalue weighted by Gasteiger charge is -2.34. The molecule has 32 nitrogen and oxygen atoms in total. The highest BCUT2D eigenvalue weighted by atomic mass is 16.5. The molecule has 0 saturated carbocycles. The van der Waals surface area contributed by atoms with Gasteiger partial charge < -0.3 is 88.8 Å². The number of nitrogens with one attached hydrogen (secondary N) is 9. The van der Waals surface area contributed by atoms with Gasteiger partial charge in [0, 0.05) is 37.7 Å². The number of carboxylic acid groups (broad SMARTS) is 3. The van der Waals surface area contributed by atoms with E-state index in [1.807, 2.05) is 0 Å². The van der Waals surface area contributed by atoms with Gasteiger partial charge >= 0.3 is 17.9 Å². The smallest absolute Gasteiger partial charge is 0.335 e. The van der Waals surface area contributed by atoms with E-state index < -0.39 is 163 Å². The highest BCUT2D eigenvalue weighted by Crippen LogP contribution is 2.39. The SMILES string of the molecule is NCCCC[C@H](NC(=O)[C@@H](CC(=O)O)NC(=O)C1CCNc2c(NC(=O)CCC(=O)O)cc3cc(O)c(=O)cc-3n21)C(=O)NC(C1=NCCC(C(=O)NCC(=O)NC(CO)C(=O)NC2CCCN(O)C2=O)N1)C(O)C(=O)O. The van der Waals surface area contributed by atoms with Gasteiger partial charge in [0.25, 0.3) is 5.91 Å². The third-order valence-electron chi connectivity index (χ3n) is 12.4. The summed E-state index contributed by atoms with van der Waals surface area (Å²) < 4.78 is 1.27. The van der Waals surface area contributed by atoms with Gasteiger partial charge in [-0.05, 0) is 63.6 Å². The molecule has 0 aromatic rings. The minimum absolute atomic E-state index is 0.00389. The molecule has 18 N–H and O–H groups in total. The topological polar surface area (TPSA) is 501 Å². The number of rotatable bonds is 26. The predicted octanol–water partition coefficient (Wildman–Crippen LogP) is -5.83. The molecule has 0 radical (unpaired) electrons. The molecule has 77 heavy (non-hydrogen) atoms. The number of aliphatic imine (C=N–C) groups is 1. The lowest BCUT2D eigenvalue weighted by molar-refractivity contribution is -0.173. The Morgan fingerprint density at radius 3 is 2.22 bits per heavy atom. The first-order valence-corrected chi connectivity index (χ1v) is 24.2. The Kier molecular flexibility index (Phi) is 21.1. The van der Waals surface area contributed by atoms with Crippen LogP contribution >= 0.6 is 0 Å². The van der Waals surface area contributed by atoms with Crippen molar-refractivity contribution in [2.24, 2.45) is 10.7 Å². The fourth-order valence-corrected chi connectivity index (χ4v) is 8.48. The number of nitrogens with two attached hydrogens (primary N) is 1. The van der Waals surface area contributed by atoms with Gasteiger partial charge in [-0.25, -0.2) is 9.86 Å². The zero-order valence-electron chi connectivity index (χ0n) is 41.1. The summed E-state index contributed by atoms with van der Waals surface area (Å²) in [6.45, 7) is -1.68. The molecule has 5 rings (SSSR count). The van der Waals surface area contributed by atoms with Crippen molar-refractivity contribution < 1.29 is 88.6 Å². The zero-order chi connectivity index (χ0) is 56.7. The number of nitrogens with zero attached hydrogens (tertiary/aromatic N) is 3. The average molecular weight is 1090 g/mol. The number of hydrogen-bond acceptors (Lipinski definition) is 20. The summed E-state index contributed by atoms with van der Waals surface area (Å²) in [5, 5.41) is 91.9. The number of aliphatic hydroxyl groups excluding tert-OH is 2. The first-order chi connectivity index (χ1) is 36.5. The molecule has 32 heteroatoms. The summed E-state index contributed by atoms with van der Waals surface area (Å²) in [4.78, 5) is 158. The van der Waals surface area contributed by atoms with Crippen LogP contribution in [0.15, 0.2) is 28.0 Å². The van der Waals surface area contributed by atoms with Crippen molar-refractivity contribution in [2.75, 3.05) is 50.0 Å². The summed E-state index contributed by atoms with van der Waals surface area (Å²) in [5.74, 6) is -13.5. The Bertz CT molecular complexity index is 2660. The summed E-state index contributed by atoms with van der Waals surface area (Å²) in [7, 11) is 0. The van der Waals surface area contributed by atoms with Gasteiger partial charge in [0.1, 0.15) is 53.9 Å². The number of amides is 8. The maximum Gasteiger partial charge on any atom is 0.335 e. The quantitative estimate of drug-likeness (QED) is 0.0308. The van der Waals surface area contributed by atoms with Gasteiger partial charge in [0.05, 0.1) is 37.4 Å². The second-order valence-electron chi connectivity index (χ2n) is 18.0. The number of pyridine rings is 1. The summed E-state index contributed by atoms with van der Waals surface area (Å²) in [6.07, 6.45) is -3.89. The highest BCUT2D eigenvalue weighted by molar-refractivity contribution is 6.02. The molecule has 4 heterocycles. The van der Waals surface area contributed by atoms with Gasteiger partial charge in [-0.3, -0.25) is 62.9 Å². The second kappa shape index (κ2) is 27.3. The van der Waals surface area contributed by atoms with Crippen LogP contribution < -0.4 is 59.0 Å². The van der Waals surface area contributed by atoms with E-state index in [1.54, 1.807) is 0 Å². The van der Waals surface area contributed by atoms with Gasteiger partial charge in [0.2, 0.25) is 46.8 Å². The number of unbranched alkanes of at least 4 members (excludes halogenated alkanes) is 1. The normalized spacial score (nSPS) is 18.9. The number of carbonyl (C=O) groups is 11. The van der Waals surface area contributed by atoms with Gasteiger partial charge in [-0.2, -0.15) is 0 Å². The molecule has 0 bridgehead atoms. The summed E-state index contributed by atoms with van der Waals surface area (Å²) in [5.41, 5.74) is 4.99. The fraction of sp³-hybridized carbons (Fsp3) is 0.533. The number of benzene rings is 1. The first kappa shape index (κ1) is 59.4. The van der Waals surface area contributed by atoms with E-state index in [0.29, 0.717) is 11.5 Å². The maximum atomic E-state index is 14.3. The number of anilines is 2. The number of carboxylic acids is 3. The van der Waals surface area contributed by atoms with E-state index in [0.717, 1.165) is 12.1 Å². The molecule has 6 unspecified atom stereocenters. The largest absolute Gasteiger partial charge is 0.504 e. The van der Waals surface area contributed by atoms with Crippen LogP contribution in [0.25, 0.3) is 11.3 Å². The molecule has 420 valence electrons. The number of carbonyl (C=O) groups excluding carboxylic acids is 8. The molecular weight excluding hydrogens is 1030 g/mol. The Hall–Kier alpha value is -8.49. The zero-order valence-corrected chi connectivity index (χ0v) is 41.1. The van der Waals surface area contributed by atoms with Crippen molar-refractivity contribution >= 4 is 82.5 Å². The molecule has 8 amide bonds. The number of amidine groups is 1. The highest BCUT2D eigenvalue weighted by Gasteiger charge is 2.40. The number of hydroxylamine groups is 2. The first-order valence-electron chi connectivity index (χ1n) is 24.2. The van der Waals surface area contributed by atoms with E-state index >= 15 is 0 Å². The molecule has 4 aliphatic heterocycles. The fourth-order valence-electron chi connectivity index (χ4n) is 8.48. The van der Waals surface area contributed by atoms with Crippen LogP contribution in [0.5, 0.6) is 5.75 Å². The lowest BCUT2D eigenvalue weighted by atomic mass is 10.0. The Labute approximate surface area is 435 Å². The third kappa shape index (κ3) is 16.0. The molecule has 1 saturated heterocycles. The average Bonchev–Trinajstić information content (AvgIpc) is 3.41. The van der Waals surface area contributed by atoms with Crippen LogP contribution in [-0.2, 0) is 52.7 Å². The number of phenolic OH excluding ortho intramolecular Hbond substituents is 1. The second-order valence-corrected chi connectivity index (χ2v) is 18.0. The number of fused-ring (bicyclic) bond motifs is 3. The van der Waals surface area contributed by atoms with E-state index in [1.165, 1.54) is 10.6 Å². The van der Waals surface area contributed by atoms with Crippen LogP contribution in [0.2, 0.25) is 0 Å². The Morgan fingerprint density at radius 1 is 0.818 bits per heavy atom. The van der Waals surface area contributed by atoms with Crippen LogP contribution in [-0.4, -0.2) is 198 Å². The van der Waals surface area contributed by atoms with Crippen LogP contribution in [0.3, 0.4) is 0 Å². The molecule has 8 atom stereocenters. The van der Waals surface area contributed by atoms with Crippen molar-refractivity contribution in [3.8, 4) is 17.0 Å². The number of aliphatic hydroxyl groups is 2. The third-order valence-corrected chi connectivity index (χ3v) is 12.4. The van der Waals surface area contributed by atoms with E-state index in [4.69, 9.17) is 10.8 Å². The van der Waals surface area contributed by atoms with Crippen LogP contribution in [0.1, 0.15) is 70.3 Å². The van der Waals surface area contributed by atoms with E-state index in [9.17, 15) is 88.3 Å². The van der Waals surface area contributed by atoms with Gasteiger partial charge in [-0.15, -0.1) is 0 Å². The number of phenols is 1. The molecule has 0 aromatic heterocycles. The molecular formula is C45H61N13O19. The number of aliphatic carboxylic acids is 3. The molecule has 5 aliphatic rings. The van der Waals surface area contributed by atoms with E-state index in [-0.39, 0.29) is 87.5 Å². The maximum absolute atomic E-state index is 14.3. The lowest BCUT2D eigenvalue weighted by Crippen LogP contribution is -2.63. The van der Waals surface area contributed by atoms with Crippen molar-refractivity contribution in [1.29, 1.82) is 0 Å². The molecule has 1 aliphatic carbocycles. The van der Waals surface area contributed by atoms with Crippen molar-refractivity contribution in [1.82, 2.24) is 46.8 Å². The predicted molar refractivity (Wildman–Crippen MR) is 262 cm³/mol. The minimum atomic E-state index is -2.45. The number of piperidine rings is 1. The van der Waals surface area contributed by atoms with E-state index in [2.05, 4.69) is 52.8 Å².